The van der Waals surface area contributed by atoms with E-state index in [1.165, 1.54) is 103 Å². The molecule has 0 aromatic carbocycles. The Hall–Kier alpha value is -2.89. The number of allylic oxidation sites excluding steroid dienone is 10. The smallest absolute Gasteiger partial charge is 0.306 e. The molecule has 0 aliphatic carbocycles. The van der Waals surface area contributed by atoms with Crippen LogP contribution in [0.3, 0.4) is 0 Å². The highest BCUT2D eigenvalue weighted by Crippen LogP contribution is 2.14. The Morgan fingerprint density at radius 1 is 0.362 bits per heavy atom. The molecule has 0 amide bonds. The topological polar surface area (TPSA) is 78.9 Å². The Morgan fingerprint density at radius 2 is 0.707 bits per heavy atom. The summed E-state index contributed by atoms with van der Waals surface area (Å²) in [5.41, 5.74) is 0. The van der Waals surface area contributed by atoms with Crippen LogP contribution in [0.15, 0.2) is 60.8 Å². The Labute approximate surface area is 358 Å². The van der Waals surface area contributed by atoms with E-state index in [0.29, 0.717) is 19.3 Å². The van der Waals surface area contributed by atoms with Gasteiger partial charge >= 0.3 is 17.9 Å². The van der Waals surface area contributed by atoms with Crippen LogP contribution >= 0.6 is 0 Å². The van der Waals surface area contributed by atoms with E-state index in [2.05, 4.69) is 75.5 Å². The van der Waals surface area contributed by atoms with Gasteiger partial charge in [-0.3, -0.25) is 14.4 Å². The van der Waals surface area contributed by atoms with Crippen molar-refractivity contribution in [3.63, 3.8) is 0 Å². The standard InChI is InChI=1S/C52H90O6/c1-4-7-10-13-16-19-22-25-28-30-33-36-39-42-45-51(54)57-48-49(58-52(55)46-43-40-37-34-31-27-24-21-18-15-12-9-6-3)47-56-50(53)44-41-38-35-32-29-26-23-20-17-14-11-8-5-2/h7,10,16,19,25,27-28,31,37,40,49H,4-6,8-9,11-15,17-18,20-24,26,29-30,32-36,38-39,41-48H2,1-3H3/b10-7+,19-16+,28-25+,31-27+,40-37+. The van der Waals surface area contributed by atoms with E-state index < -0.39 is 6.10 Å². The maximum atomic E-state index is 12.7. The molecule has 58 heavy (non-hydrogen) atoms. The minimum Gasteiger partial charge on any atom is -0.462 e. The fraction of sp³-hybridized carbons (Fsp3) is 0.750. The summed E-state index contributed by atoms with van der Waals surface area (Å²) in [6, 6.07) is 0. The van der Waals surface area contributed by atoms with Crippen LogP contribution in [0.5, 0.6) is 0 Å². The summed E-state index contributed by atoms with van der Waals surface area (Å²) in [5, 5.41) is 0. The molecular formula is C52H90O6. The lowest BCUT2D eigenvalue weighted by Gasteiger charge is -2.18. The Balaban J connectivity index is 4.47. The van der Waals surface area contributed by atoms with Gasteiger partial charge in [0, 0.05) is 19.3 Å². The first-order valence-corrected chi connectivity index (χ1v) is 24.3. The van der Waals surface area contributed by atoms with Gasteiger partial charge in [-0.15, -0.1) is 0 Å². The normalized spacial score (nSPS) is 12.5. The average Bonchev–Trinajstić information content (AvgIpc) is 3.22. The molecule has 0 saturated carbocycles. The van der Waals surface area contributed by atoms with Crippen molar-refractivity contribution in [3.8, 4) is 0 Å². The van der Waals surface area contributed by atoms with Crippen molar-refractivity contribution in [1.29, 1.82) is 0 Å². The number of hydrogen-bond acceptors (Lipinski definition) is 6. The average molecular weight is 811 g/mol. The molecule has 0 heterocycles. The van der Waals surface area contributed by atoms with E-state index >= 15 is 0 Å². The van der Waals surface area contributed by atoms with Gasteiger partial charge in [0.15, 0.2) is 6.10 Å². The Morgan fingerprint density at radius 3 is 1.12 bits per heavy atom. The monoisotopic (exact) mass is 811 g/mol. The lowest BCUT2D eigenvalue weighted by molar-refractivity contribution is -0.166. The molecule has 1 unspecified atom stereocenters. The number of esters is 3. The Bertz CT molecular complexity index is 1070. The highest BCUT2D eigenvalue weighted by atomic mass is 16.6. The second-order valence-electron chi connectivity index (χ2n) is 16.0. The predicted octanol–water partition coefficient (Wildman–Crippen LogP) is 15.7. The second-order valence-corrected chi connectivity index (χ2v) is 16.0. The molecular weight excluding hydrogens is 721 g/mol. The fourth-order valence-corrected chi connectivity index (χ4v) is 6.63. The minimum absolute atomic E-state index is 0.102. The van der Waals surface area contributed by atoms with Crippen LogP contribution in [-0.4, -0.2) is 37.2 Å². The first-order valence-electron chi connectivity index (χ1n) is 24.3. The number of carbonyl (C=O) groups excluding carboxylic acids is 3. The van der Waals surface area contributed by atoms with E-state index in [0.717, 1.165) is 83.5 Å². The molecule has 0 saturated heterocycles. The molecule has 0 N–H and O–H groups in total. The lowest BCUT2D eigenvalue weighted by Crippen LogP contribution is -2.30. The molecule has 0 bridgehead atoms. The zero-order chi connectivity index (χ0) is 42.3. The third-order valence-electron chi connectivity index (χ3n) is 10.3. The molecule has 0 fully saturated rings. The fourth-order valence-electron chi connectivity index (χ4n) is 6.63. The number of unbranched alkanes of at least 4 members (excludes halogenated alkanes) is 22. The van der Waals surface area contributed by atoms with Gasteiger partial charge in [0.05, 0.1) is 0 Å². The van der Waals surface area contributed by atoms with Crippen molar-refractivity contribution in [3.05, 3.63) is 60.8 Å². The summed E-state index contributed by atoms with van der Waals surface area (Å²) in [5.74, 6) is -0.993. The van der Waals surface area contributed by atoms with Crippen molar-refractivity contribution in [2.45, 2.75) is 239 Å². The number of carbonyl (C=O) groups is 3. The van der Waals surface area contributed by atoms with Gasteiger partial charge in [-0.05, 0) is 70.6 Å². The third kappa shape index (κ3) is 44.2. The summed E-state index contributed by atoms with van der Waals surface area (Å²) in [6.07, 6.45) is 56.4. The molecule has 6 heteroatoms. The summed E-state index contributed by atoms with van der Waals surface area (Å²) in [7, 11) is 0. The van der Waals surface area contributed by atoms with Crippen LogP contribution in [0, 0.1) is 0 Å². The number of ether oxygens (including phenoxy) is 3. The second kappa shape index (κ2) is 46.8. The summed E-state index contributed by atoms with van der Waals surface area (Å²) in [4.78, 5) is 37.8. The molecule has 0 aromatic heterocycles. The van der Waals surface area contributed by atoms with E-state index in [-0.39, 0.29) is 37.5 Å². The first kappa shape index (κ1) is 55.1. The third-order valence-corrected chi connectivity index (χ3v) is 10.3. The van der Waals surface area contributed by atoms with Crippen molar-refractivity contribution >= 4 is 17.9 Å². The van der Waals surface area contributed by atoms with E-state index in [9.17, 15) is 14.4 Å². The van der Waals surface area contributed by atoms with E-state index in [1.54, 1.807) is 0 Å². The zero-order valence-electron chi connectivity index (χ0n) is 38.0. The maximum Gasteiger partial charge on any atom is 0.306 e. The molecule has 0 aromatic rings. The van der Waals surface area contributed by atoms with E-state index in [4.69, 9.17) is 14.2 Å². The first-order chi connectivity index (χ1) is 28.5. The maximum absolute atomic E-state index is 12.7. The van der Waals surface area contributed by atoms with Gasteiger partial charge in [0.2, 0.25) is 0 Å². The number of hydrogen-bond donors (Lipinski definition) is 0. The molecule has 0 aliphatic rings. The summed E-state index contributed by atoms with van der Waals surface area (Å²) < 4.78 is 16.7. The van der Waals surface area contributed by atoms with Crippen LogP contribution in [0.1, 0.15) is 233 Å². The molecule has 0 spiro atoms. The van der Waals surface area contributed by atoms with Crippen LogP contribution in [0.25, 0.3) is 0 Å². The van der Waals surface area contributed by atoms with Gasteiger partial charge in [0.1, 0.15) is 13.2 Å². The summed E-state index contributed by atoms with van der Waals surface area (Å²) in [6.45, 7) is 6.44. The molecule has 334 valence electrons. The van der Waals surface area contributed by atoms with Gasteiger partial charge in [-0.25, -0.2) is 0 Å². The minimum atomic E-state index is -0.810. The van der Waals surface area contributed by atoms with Crippen molar-refractivity contribution < 1.29 is 28.6 Å². The predicted molar refractivity (Wildman–Crippen MR) is 247 cm³/mol. The zero-order valence-corrected chi connectivity index (χ0v) is 38.0. The van der Waals surface area contributed by atoms with Crippen LogP contribution in [-0.2, 0) is 28.6 Å². The van der Waals surface area contributed by atoms with E-state index in [1.807, 2.05) is 6.08 Å². The molecule has 0 rings (SSSR count). The van der Waals surface area contributed by atoms with Crippen molar-refractivity contribution in [2.75, 3.05) is 13.2 Å². The molecule has 1 atom stereocenters. The van der Waals surface area contributed by atoms with Crippen molar-refractivity contribution in [1.82, 2.24) is 0 Å². The van der Waals surface area contributed by atoms with Gasteiger partial charge in [-0.2, -0.15) is 0 Å². The molecule has 0 radical (unpaired) electrons. The van der Waals surface area contributed by atoms with Crippen LogP contribution in [0.4, 0.5) is 0 Å². The Kier molecular flexibility index (Phi) is 44.5. The quantitative estimate of drug-likeness (QED) is 0.0264. The van der Waals surface area contributed by atoms with Gasteiger partial charge in [0.25, 0.3) is 0 Å². The summed E-state index contributed by atoms with van der Waals surface area (Å²) >= 11 is 0. The highest BCUT2D eigenvalue weighted by Gasteiger charge is 2.19. The lowest BCUT2D eigenvalue weighted by atomic mass is 10.0. The molecule has 6 nitrogen and oxygen atoms in total. The number of rotatable bonds is 43. The van der Waals surface area contributed by atoms with Crippen molar-refractivity contribution in [2.24, 2.45) is 0 Å². The van der Waals surface area contributed by atoms with Gasteiger partial charge < -0.3 is 14.2 Å². The molecule has 0 aliphatic heterocycles. The SMILES string of the molecule is CC/C=C/C/C=C/C/C=C/CCCCCCC(=O)OCC(COC(=O)CCCCCCCCCCCCCCC)OC(=O)CC/C=C/C/C=C/CCCCCCCC. The highest BCUT2D eigenvalue weighted by molar-refractivity contribution is 5.71. The van der Waals surface area contributed by atoms with Gasteiger partial charge in [-0.1, -0.05) is 204 Å². The van der Waals surface area contributed by atoms with Crippen LogP contribution in [0.2, 0.25) is 0 Å². The largest absolute Gasteiger partial charge is 0.462 e. The van der Waals surface area contributed by atoms with Crippen LogP contribution < -0.4 is 0 Å².